The number of allylic oxidation sites excluding steroid dienone is 2. The zero-order valence-electron chi connectivity index (χ0n) is 18.0. The normalized spacial score (nSPS) is 17.1. The van der Waals surface area contributed by atoms with E-state index < -0.39 is 18.2 Å². The number of rotatable bonds is 5. The van der Waals surface area contributed by atoms with E-state index in [4.69, 9.17) is 11.6 Å². The van der Waals surface area contributed by atoms with Crippen molar-refractivity contribution in [2.45, 2.75) is 33.1 Å². The second-order valence-corrected chi connectivity index (χ2v) is 7.35. The fourth-order valence-electron chi connectivity index (χ4n) is 3.03. The Balaban J connectivity index is 0.00000107. The Kier molecular flexibility index (Phi) is 8.87. The van der Waals surface area contributed by atoms with E-state index >= 15 is 0 Å². The van der Waals surface area contributed by atoms with Gasteiger partial charge in [0, 0.05) is 25.2 Å². The SMILES string of the molecule is C/C(F)=C(/F)CN=C(NN)c1cc(C2=CCN(C(=O)C3CC3)CC2)cnc1N.C=CC. The minimum atomic E-state index is -0.981. The Hall–Kier alpha value is -3.07. The lowest BCUT2D eigenvalue weighted by Crippen LogP contribution is -2.35. The molecular weight excluding hydrogens is 402 g/mol. The Morgan fingerprint density at radius 1 is 1.45 bits per heavy atom. The molecule has 1 aromatic rings. The molecule has 3 rings (SSSR count). The van der Waals surface area contributed by atoms with Crippen molar-refractivity contribution in [3.63, 3.8) is 0 Å². The Labute approximate surface area is 181 Å². The Bertz CT molecular complexity index is 901. The van der Waals surface area contributed by atoms with E-state index in [1.54, 1.807) is 18.3 Å². The van der Waals surface area contributed by atoms with Crippen molar-refractivity contribution in [2.75, 3.05) is 25.4 Å². The van der Waals surface area contributed by atoms with Crippen molar-refractivity contribution >= 4 is 23.1 Å². The van der Waals surface area contributed by atoms with E-state index in [-0.39, 0.29) is 23.5 Å². The van der Waals surface area contributed by atoms with E-state index in [2.05, 4.69) is 22.0 Å². The van der Waals surface area contributed by atoms with Gasteiger partial charge in [0.2, 0.25) is 5.91 Å². The number of halogens is 2. The van der Waals surface area contributed by atoms with Gasteiger partial charge in [-0.1, -0.05) is 12.2 Å². The highest BCUT2D eigenvalue weighted by Crippen LogP contribution is 2.32. The van der Waals surface area contributed by atoms with E-state index in [1.165, 1.54) is 0 Å². The van der Waals surface area contributed by atoms with E-state index in [0.717, 1.165) is 30.9 Å². The Morgan fingerprint density at radius 3 is 2.65 bits per heavy atom. The van der Waals surface area contributed by atoms with Crippen LogP contribution in [0.4, 0.5) is 14.6 Å². The molecule has 9 heteroatoms. The number of nitrogens with two attached hydrogens (primary N) is 2. The molecule has 5 N–H and O–H groups in total. The molecule has 7 nitrogen and oxygen atoms in total. The van der Waals surface area contributed by atoms with E-state index in [1.807, 2.05) is 17.9 Å². The molecular formula is C22H30F2N6O. The minimum absolute atomic E-state index is 0.116. The average Bonchev–Trinajstić information content (AvgIpc) is 3.60. The number of aromatic nitrogens is 1. The molecule has 0 spiro atoms. The molecule has 0 radical (unpaired) electrons. The number of hydrogen-bond acceptors (Lipinski definition) is 5. The van der Waals surface area contributed by atoms with Crippen LogP contribution in [0.25, 0.3) is 5.57 Å². The molecule has 1 aromatic heterocycles. The summed E-state index contributed by atoms with van der Waals surface area (Å²) in [5.41, 5.74) is 10.6. The molecule has 168 valence electrons. The van der Waals surface area contributed by atoms with Gasteiger partial charge < -0.3 is 16.1 Å². The second kappa shape index (κ2) is 11.4. The first-order valence-electron chi connectivity index (χ1n) is 10.1. The third kappa shape index (κ3) is 6.71. The number of pyridine rings is 1. The predicted octanol–water partition coefficient (Wildman–Crippen LogP) is 3.26. The maximum Gasteiger partial charge on any atom is 0.225 e. The predicted molar refractivity (Wildman–Crippen MR) is 120 cm³/mol. The molecule has 1 fully saturated rings. The van der Waals surface area contributed by atoms with Crippen LogP contribution in [0.5, 0.6) is 0 Å². The van der Waals surface area contributed by atoms with Crippen LogP contribution in [0.15, 0.2) is 47.6 Å². The second-order valence-electron chi connectivity index (χ2n) is 7.35. The minimum Gasteiger partial charge on any atom is -0.383 e. The van der Waals surface area contributed by atoms with Gasteiger partial charge in [0.1, 0.15) is 17.5 Å². The molecule has 1 amide bonds. The molecule has 31 heavy (non-hydrogen) atoms. The van der Waals surface area contributed by atoms with Crippen LogP contribution < -0.4 is 17.0 Å². The highest BCUT2D eigenvalue weighted by molar-refractivity contribution is 6.02. The quantitative estimate of drug-likeness (QED) is 0.218. The van der Waals surface area contributed by atoms with Crippen molar-refractivity contribution in [3.8, 4) is 0 Å². The molecule has 0 bridgehead atoms. The van der Waals surface area contributed by atoms with Crippen molar-refractivity contribution in [2.24, 2.45) is 16.8 Å². The number of carbonyl (C=O) groups excluding carboxylic acids is 1. The number of amides is 1. The number of aliphatic imine (C=N–C) groups is 1. The van der Waals surface area contributed by atoms with Crippen LogP contribution in [0.2, 0.25) is 0 Å². The zero-order chi connectivity index (χ0) is 23.0. The van der Waals surface area contributed by atoms with Gasteiger partial charge in [-0.3, -0.25) is 9.79 Å². The summed E-state index contributed by atoms with van der Waals surface area (Å²) in [4.78, 5) is 22.2. The molecule has 0 unspecified atom stereocenters. The fraction of sp³-hybridized carbons (Fsp3) is 0.409. The summed E-state index contributed by atoms with van der Waals surface area (Å²) < 4.78 is 26.3. The third-order valence-corrected chi connectivity index (χ3v) is 4.88. The zero-order valence-corrected chi connectivity index (χ0v) is 18.0. The van der Waals surface area contributed by atoms with Gasteiger partial charge in [-0.2, -0.15) is 0 Å². The van der Waals surface area contributed by atoms with Crippen molar-refractivity contribution in [3.05, 3.63) is 53.8 Å². The number of amidine groups is 1. The maximum absolute atomic E-state index is 13.4. The van der Waals surface area contributed by atoms with Crippen molar-refractivity contribution in [1.82, 2.24) is 15.3 Å². The van der Waals surface area contributed by atoms with Crippen molar-refractivity contribution < 1.29 is 13.6 Å². The van der Waals surface area contributed by atoms with Crippen LogP contribution in [0, 0.1) is 5.92 Å². The summed E-state index contributed by atoms with van der Waals surface area (Å²) >= 11 is 0. The lowest BCUT2D eigenvalue weighted by molar-refractivity contribution is -0.132. The van der Waals surface area contributed by atoms with Crippen molar-refractivity contribution in [1.29, 1.82) is 0 Å². The van der Waals surface area contributed by atoms with Gasteiger partial charge in [-0.05, 0) is 50.3 Å². The van der Waals surface area contributed by atoms with Crippen LogP contribution in [0.3, 0.4) is 0 Å². The summed E-state index contributed by atoms with van der Waals surface area (Å²) in [6.07, 6.45) is 8.07. The molecule has 1 aliphatic carbocycles. The summed E-state index contributed by atoms with van der Waals surface area (Å²) in [5, 5.41) is 0. The van der Waals surface area contributed by atoms with Crippen LogP contribution in [-0.2, 0) is 4.79 Å². The number of nitrogen functional groups attached to an aromatic ring is 1. The summed E-state index contributed by atoms with van der Waals surface area (Å²) in [5.74, 6) is 4.30. The molecule has 1 saturated carbocycles. The van der Waals surface area contributed by atoms with E-state index in [9.17, 15) is 13.6 Å². The van der Waals surface area contributed by atoms with Gasteiger partial charge in [0.05, 0.1) is 12.1 Å². The summed E-state index contributed by atoms with van der Waals surface area (Å²) in [6, 6.07) is 1.76. The molecule has 0 aromatic carbocycles. The molecule has 1 aliphatic heterocycles. The van der Waals surface area contributed by atoms with Gasteiger partial charge in [0.25, 0.3) is 0 Å². The molecule has 0 atom stereocenters. The summed E-state index contributed by atoms with van der Waals surface area (Å²) in [6.45, 7) is 6.99. The third-order valence-electron chi connectivity index (χ3n) is 4.88. The lowest BCUT2D eigenvalue weighted by atomic mass is 9.99. The molecule has 0 saturated heterocycles. The average molecular weight is 433 g/mol. The van der Waals surface area contributed by atoms with E-state index in [0.29, 0.717) is 25.1 Å². The fourth-order valence-corrected chi connectivity index (χ4v) is 3.03. The lowest BCUT2D eigenvalue weighted by Gasteiger charge is -2.27. The highest BCUT2D eigenvalue weighted by atomic mass is 19.2. The standard InChI is InChI=1S/C19H24F2N6O.C3H6/c1-11(20)16(21)10-25-18(26-23)15-8-14(9-24-17(15)22)12-4-6-27(7-5-12)19(28)13-2-3-13;1-3-2/h4,8-9,13H,2-3,5-7,10,23H2,1H3,(H2,22,24)(H,25,26);3H,1H2,2H3/b16-11-;. The molecule has 2 heterocycles. The monoisotopic (exact) mass is 432 g/mol. The number of anilines is 1. The number of hydrazine groups is 1. The van der Waals surface area contributed by atoms with Gasteiger partial charge in [0.15, 0.2) is 5.83 Å². The molecule has 2 aliphatic rings. The van der Waals surface area contributed by atoms with Gasteiger partial charge >= 0.3 is 0 Å². The van der Waals surface area contributed by atoms with Crippen LogP contribution in [-0.4, -0.2) is 41.3 Å². The van der Waals surface area contributed by atoms with Gasteiger partial charge in [-0.25, -0.2) is 19.6 Å². The van der Waals surface area contributed by atoms with Crippen LogP contribution >= 0.6 is 0 Å². The topological polar surface area (TPSA) is 110 Å². The Morgan fingerprint density at radius 2 is 2.13 bits per heavy atom. The summed E-state index contributed by atoms with van der Waals surface area (Å²) in [7, 11) is 0. The largest absolute Gasteiger partial charge is 0.383 e. The first-order valence-corrected chi connectivity index (χ1v) is 10.1. The van der Waals surface area contributed by atoms with Crippen LogP contribution in [0.1, 0.15) is 44.2 Å². The number of carbonyl (C=O) groups is 1. The number of hydrogen-bond donors (Lipinski definition) is 3. The first kappa shape index (κ1) is 24.2. The number of nitrogens with zero attached hydrogens (tertiary/aromatic N) is 3. The van der Waals surface area contributed by atoms with Gasteiger partial charge in [-0.15, -0.1) is 6.58 Å². The maximum atomic E-state index is 13.4. The first-order chi connectivity index (χ1) is 14.8. The smallest absolute Gasteiger partial charge is 0.225 e. The highest BCUT2D eigenvalue weighted by Gasteiger charge is 2.33. The number of nitrogens with one attached hydrogen (secondary N) is 1.